The van der Waals surface area contributed by atoms with E-state index in [1.807, 2.05) is 0 Å². The molecule has 0 aliphatic carbocycles. The zero-order valence-corrected chi connectivity index (χ0v) is 17.8. The molecule has 30 heavy (non-hydrogen) atoms. The number of nitro groups is 1. The van der Waals surface area contributed by atoms with Gasteiger partial charge in [-0.1, -0.05) is 0 Å². The van der Waals surface area contributed by atoms with E-state index in [0.29, 0.717) is 18.2 Å². The molecule has 0 bridgehead atoms. The number of hydrogen-bond donors (Lipinski definition) is 0. The number of nitrogens with zero attached hydrogens (tertiary/aromatic N) is 5. The van der Waals surface area contributed by atoms with E-state index < -0.39 is 4.92 Å². The Labute approximate surface area is 179 Å². The van der Waals surface area contributed by atoms with Crippen molar-refractivity contribution < 1.29 is 9.66 Å². The van der Waals surface area contributed by atoms with Gasteiger partial charge in [-0.05, 0) is 18.6 Å². The summed E-state index contributed by atoms with van der Waals surface area (Å²) in [7, 11) is 3.16. The van der Waals surface area contributed by atoms with Crippen LogP contribution in [0.3, 0.4) is 0 Å². The van der Waals surface area contributed by atoms with Crippen molar-refractivity contribution in [2.75, 3.05) is 44.2 Å². The first-order chi connectivity index (χ1) is 13.9. The lowest BCUT2D eigenvalue weighted by Crippen LogP contribution is -2.49. The normalized spacial score (nSPS) is 14.3. The Hall–Kier alpha value is -2.85. The molecule has 10 nitrogen and oxygen atoms in total. The molecule has 0 unspecified atom stereocenters. The molecule has 1 saturated heterocycles. The van der Waals surface area contributed by atoms with Crippen molar-refractivity contribution in [3.63, 3.8) is 0 Å². The number of ether oxygens (including phenoxy) is 1. The van der Waals surface area contributed by atoms with Gasteiger partial charge in [0.2, 0.25) is 0 Å². The first-order valence-electron chi connectivity index (χ1n) is 9.48. The van der Waals surface area contributed by atoms with E-state index in [4.69, 9.17) is 4.74 Å². The van der Waals surface area contributed by atoms with Crippen LogP contribution in [0.25, 0.3) is 0 Å². The highest BCUT2D eigenvalue weighted by Crippen LogP contribution is 2.17. The van der Waals surface area contributed by atoms with Crippen LogP contribution >= 0.6 is 12.4 Å². The Morgan fingerprint density at radius 3 is 2.27 bits per heavy atom. The molecule has 1 aromatic carbocycles. The molecule has 0 spiro atoms. The van der Waals surface area contributed by atoms with Crippen LogP contribution in [0.1, 0.15) is 6.42 Å². The molecule has 1 aliphatic rings. The van der Waals surface area contributed by atoms with Gasteiger partial charge in [-0.25, -0.2) is 4.79 Å². The Morgan fingerprint density at radius 1 is 1.03 bits per heavy atom. The van der Waals surface area contributed by atoms with Crippen LogP contribution in [-0.2, 0) is 14.1 Å². The number of piperazine rings is 1. The zero-order valence-electron chi connectivity index (χ0n) is 17.0. The van der Waals surface area contributed by atoms with E-state index in [0.717, 1.165) is 43.7 Å². The van der Waals surface area contributed by atoms with Gasteiger partial charge in [-0.15, -0.1) is 12.4 Å². The van der Waals surface area contributed by atoms with E-state index in [1.165, 1.54) is 29.8 Å². The summed E-state index contributed by atoms with van der Waals surface area (Å²) in [6.07, 6.45) is 0.835. The molecular formula is C19H26ClN5O5. The Morgan fingerprint density at radius 2 is 1.67 bits per heavy atom. The summed E-state index contributed by atoms with van der Waals surface area (Å²) in [5, 5.41) is 10.7. The summed E-state index contributed by atoms with van der Waals surface area (Å²) in [4.78, 5) is 38.6. The van der Waals surface area contributed by atoms with Crippen LogP contribution in [0.15, 0.2) is 39.9 Å². The van der Waals surface area contributed by atoms with E-state index >= 15 is 0 Å². The summed E-state index contributed by atoms with van der Waals surface area (Å²) in [5.74, 6) is 1.27. The fraction of sp³-hybridized carbons (Fsp3) is 0.474. The maximum Gasteiger partial charge on any atom is 0.332 e. The van der Waals surface area contributed by atoms with Gasteiger partial charge in [-0.2, -0.15) is 0 Å². The molecule has 2 heterocycles. The van der Waals surface area contributed by atoms with Gasteiger partial charge >= 0.3 is 5.69 Å². The topological polar surface area (TPSA) is 103 Å². The molecule has 1 aliphatic heterocycles. The van der Waals surface area contributed by atoms with Crippen molar-refractivity contribution in [1.29, 1.82) is 0 Å². The summed E-state index contributed by atoms with van der Waals surface area (Å²) in [5.41, 5.74) is -0.573. The van der Waals surface area contributed by atoms with Crippen molar-refractivity contribution in [1.82, 2.24) is 14.0 Å². The third kappa shape index (κ3) is 5.39. The van der Waals surface area contributed by atoms with Gasteiger partial charge in [0.15, 0.2) is 0 Å². The lowest BCUT2D eigenvalue weighted by molar-refractivity contribution is -0.384. The van der Waals surface area contributed by atoms with Crippen molar-refractivity contribution in [3.8, 4) is 5.75 Å². The van der Waals surface area contributed by atoms with Gasteiger partial charge in [0.25, 0.3) is 11.2 Å². The van der Waals surface area contributed by atoms with Crippen molar-refractivity contribution >= 4 is 23.9 Å². The standard InChI is InChI=1S/C19H25N5O5.ClH/c1-20-17(14-18(25)21(2)19(20)26)23-11-9-22(10-12-23)8-3-13-29-16-6-4-15(5-7-16)24(27)28;/h4-7,14H,3,8-13H2,1-2H3;1H. The number of hydrogen-bond acceptors (Lipinski definition) is 7. The lowest BCUT2D eigenvalue weighted by atomic mass is 10.3. The first kappa shape index (κ1) is 23.4. The van der Waals surface area contributed by atoms with Crippen molar-refractivity contribution in [3.05, 3.63) is 61.3 Å². The van der Waals surface area contributed by atoms with E-state index in [1.54, 1.807) is 19.2 Å². The smallest absolute Gasteiger partial charge is 0.332 e. The summed E-state index contributed by atoms with van der Waals surface area (Å²) in [6.45, 7) is 4.55. The van der Waals surface area contributed by atoms with Gasteiger partial charge in [0.05, 0.1) is 11.5 Å². The SMILES string of the molecule is Cl.Cn1c(N2CCN(CCCOc3ccc([N+](=O)[O-])cc3)CC2)cc(=O)n(C)c1=O. The fourth-order valence-electron chi connectivity index (χ4n) is 3.37. The zero-order chi connectivity index (χ0) is 21.0. The average Bonchev–Trinajstić information content (AvgIpc) is 2.73. The third-order valence-corrected chi connectivity index (χ3v) is 5.13. The predicted octanol–water partition coefficient (Wildman–Crippen LogP) is 1.01. The number of nitro benzene ring substituents is 1. The van der Waals surface area contributed by atoms with E-state index in [-0.39, 0.29) is 29.3 Å². The molecule has 1 fully saturated rings. The minimum Gasteiger partial charge on any atom is -0.494 e. The molecule has 3 rings (SSSR count). The number of non-ortho nitro benzene ring substituents is 1. The molecule has 0 amide bonds. The van der Waals surface area contributed by atoms with Crippen molar-refractivity contribution in [2.24, 2.45) is 14.1 Å². The molecule has 0 N–H and O–H groups in total. The molecule has 0 radical (unpaired) electrons. The molecule has 2 aromatic rings. The molecule has 0 atom stereocenters. The second-order valence-electron chi connectivity index (χ2n) is 7.02. The van der Waals surface area contributed by atoms with Crippen LogP contribution in [-0.4, -0.2) is 58.3 Å². The molecule has 11 heteroatoms. The van der Waals surface area contributed by atoms with Crippen LogP contribution < -0.4 is 20.9 Å². The minimum absolute atomic E-state index is 0. The van der Waals surface area contributed by atoms with E-state index in [9.17, 15) is 19.7 Å². The van der Waals surface area contributed by atoms with E-state index in [2.05, 4.69) is 9.80 Å². The largest absolute Gasteiger partial charge is 0.494 e. The summed E-state index contributed by atoms with van der Waals surface area (Å²) < 4.78 is 8.25. The van der Waals surface area contributed by atoms with Crippen LogP contribution in [0.2, 0.25) is 0 Å². The highest BCUT2D eigenvalue weighted by atomic mass is 35.5. The average molecular weight is 440 g/mol. The van der Waals surface area contributed by atoms with Crippen LogP contribution in [0.4, 0.5) is 11.5 Å². The first-order valence-corrected chi connectivity index (χ1v) is 9.48. The second-order valence-corrected chi connectivity index (χ2v) is 7.02. The monoisotopic (exact) mass is 439 g/mol. The quantitative estimate of drug-likeness (QED) is 0.360. The third-order valence-electron chi connectivity index (χ3n) is 5.13. The Kier molecular flexibility index (Phi) is 8.01. The predicted molar refractivity (Wildman–Crippen MR) is 116 cm³/mol. The Balaban J connectivity index is 0.00000320. The van der Waals surface area contributed by atoms with Crippen molar-refractivity contribution in [2.45, 2.75) is 6.42 Å². The second kappa shape index (κ2) is 10.3. The molecule has 0 saturated carbocycles. The maximum absolute atomic E-state index is 12.1. The number of anilines is 1. The van der Waals surface area contributed by atoms with Crippen LogP contribution in [0, 0.1) is 10.1 Å². The minimum atomic E-state index is -0.436. The highest BCUT2D eigenvalue weighted by Gasteiger charge is 2.20. The summed E-state index contributed by atoms with van der Waals surface area (Å²) in [6, 6.07) is 7.57. The Bertz CT molecular complexity index is 980. The fourth-order valence-corrected chi connectivity index (χ4v) is 3.37. The number of benzene rings is 1. The lowest BCUT2D eigenvalue weighted by Gasteiger charge is -2.36. The van der Waals surface area contributed by atoms with Gasteiger partial charge in [0.1, 0.15) is 11.6 Å². The number of aromatic nitrogens is 2. The summed E-state index contributed by atoms with van der Waals surface area (Å²) >= 11 is 0. The molecule has 164 valence electrons. The maximum atomic E-state index is 12.1. The number of halogens is 1. The highest BCUT2D eigenvalue weighted by molar-refractivity contribution is 5.85. The van der Waals surface area contributed by atoms with Gasteiger partial charge in [0, 0.05) is 65.0 Å². The van der Waals surface area contributed by atoms with Gasteiger partial charge < -0.3 is 9.64 Å². The number of rotatable bonds is 7. The van der Waals surface area contributed by atoms with Gasteiger partial charge in [-0.3, -0.25) is 28.9 Å². The van der Waals surface area contributed by atoms with Crippen LogP contribution in [0.5, 0.6) is 5.75 Å². The molecule has 1 aromatic heterocycles. The molecular weight excluding hydrogens is 414 g/mol.